The summed E-state index contributed by atoms with van der Waals surface area (Å²) in [6.07, 6.45) is 66.8. The van der Waals surface area contributed by atoms with Gasteiger partial charge in [0.05, 0.1) is 33.6 Å². The molecule has 19 aliphatic rings. The lowest BCUT2D eigenvalue weighted by atomic mass is 9.58. The molecule has 0 unspecified atom stereocenters. The molecule has 17 atom stereocenters. The maximum Gasteiger partial charge on any atom is 0.136 e. The topological polar surface area (TPSA) is 89.9 Å². The van der Waals surface area contributed by atoms with Crippen molar-refractivity contribution in [2.45, 2.75) is 314 Å². The van der Waals surface area contributed by atoms with Gasteiger partial charge in [-0.25, -0.2) is 0 Å². The minimum atomic E-state index is -0.294. The van der Waals surface area contributed by atoms with Crippen molar-refractivity contribution in [3.05, 3.63) is 197 Å². The molecule has 13 heterocycles. The first kappa shape index (κ1) is 64.8. The van der Waals surface area contributed by atoms with E-state index >= 15 is 0 Å². The first-order chi connectivity index (χ1) is 51.2. The van der Waals surface area contributed by atoms with Gasteiger partial charge in [-0.3, -0.25) is 29.5 Å². The summed E-state index contributed by atoms with van der Waals surface area (Å²) in [6.45, 7) is 7.71. The van der Waals surface area contributed by atoms with Crippen LogP contribution in [0.5, 0.6) is 0 Å². The summed E-state index contributed by atoms with van der Waals surface area (Å²) < 4.78 is 22.4. The maximum atomic E-state index is 12.4. The Balaban J connectivity index is 0.0000000965. The van der Waals surface area contributed by atoms with Gasteiger partial charge in [-0.1, -0.05) is 93.6 Å². The van der Waals surface area contributed by atoms with E-state index in [2.05, 4.69) is 155 Å². The smallest absolute Gasteiger partial charge is 0.136 e. The number of aromatic nitrogens is 3. The summed E-state index contributed by atoms with van der Waals surface area (Å²) in [4.78, 5) is 31.5. The third-order valence-corrected chi connectivity index (χ3v) is 34.9. The van der Waals surface area contributed by atoms with Crippen molar-refractivity contribution in [3.63, 3.8) is 0 Å². The van der Waals surface area contributed by atoms with E-state index in [9.17, 15) is 4.79 Å². The molecule has 13 fully saturated rings. The van der Waals surface area contributed by atoms with Crippen molar-refractivity contribution >= 4 is 38.1 Å². The SMILES string of the molecule is C[C@]12CC=C3C=C4CCC(=O)C[C@]45CC[C@]3(O5)[C@@H]1CC[C@@H]2c1ccc2ccncc2c1.C[C@]12CC=C3C=C4CC[C@@H](N5C6CCC5CC6)C[C@]45CC[C@]3(O5)[C@@H]1CC[C@@H]2c1ccc2ccncc2c1.C[C@]12CC=C3C=C4CC[C@H](N5C6CCC5CC6)C[C@]45CC[C@]3(O5)[C@@H]1CC[C@@H]2c1ccc2ccncc2c1. The predicted octanol–water partition coefficient (Wildman–Crippen LogP) is 21.0. The van der Waals surface area contributed by atoms with Gasteiger partial charge in [-0.2, -0.15) is 0 Å². The van der Waals surface area contributed by atoms with Gasteiger partial charge in [0.1, 0.15) is 5.78 Å². The van der Waals surface area contributed by atoms with Crippen LogP contribution in [0.3, 0.4) is 0 Å². The molecule has 0 amide bonds. The Bertz CT molecular complexity index is 4620. The largest absolute Gasteiger partial charge is 0.359 e. The summed E-state index contributed by atoms with van der Waals surface area (Å²) in [7, 11) is 0. The number of fused-ring (bicyclic) bond motifs is 10. The van der Waals surface area contributed by atoms with Crippen molar-refractivity contribution in [3.8, 4) is 0 Å². The van der Waals surface area contributed by atoms with E-state index in [1.807, 2.05) is 37.2 Å². The van der Waals surface area contributed by atoms with Gasteiger partial charge in [-0.05, 0) is 347 Å². The molecule has 105 heavy (non-hydrogen) atoms. The molecule has 3 aromatic carbocycles. The van der Waals surface area contributed by atoms with Gasteiger partial charge in [0.15, 0.2) is 0 Å². The molecule has 0 radical (unpaired) electrons. The van der Waals surface area contributed by atoms with Crippen molar-refractivity contribution in [1.82, 2.24) is 24.8 Å². The highest BCUT2D eigenvalue weighted by atomic mass is 16.5. The number of ether oxygens (including phenoxy) is 3. The standard InChI is InChI=1S/2C34H40N2O.C28H29NO2/c2*1-32-14-12-26-19-25-4-5-29(36-27-6-7-28(36)9-8-27)20-33(25)15-16-34(26,37-33)31(32)11-10-30(32)23-3-2-22-13-17-35-21-24(22)18-23;1-26-10-8-22-15-21-4-5-23(30)16-27(21)11-12-28(22,31-27)25(26)7-6-24(26)19-3-2-18-9-13-29-17-20(18)14-19/h2*2-3,12-13,17-19,21,27-31H,4-11,14-16,20H2,1H3;2-3,8-9,13-15,17,24-25H,4-7,10-12,16H2,1H3/t27?,28?,29-,30+,31+,32+,33+,34+;27?,28?,29-,30-,31-,32-,33-,34-;24-,25-,26-,27-,28-/m011/s1. The molecular weight excluding hydrogens is 1290 g/mol. The van der Waals surface area contributed by atoms with Gasteiger partial charge >= 0.3 is 0 Å². The number of carbonyl (C=O) groups is 1. The number of hydrogen-bond donors (Lipinski definition) is 0. The zero-order valence-electron chi connectivity index (χ0n) is 62.8. The third kappa shape index (κ3) is 9.12. The van der Waals surface area contributed by atoms with Crippen molar-refractivity contribution in [1.29, 1.82) is 0 Å². The fourth-order valence-corrected chi connectivity index (χ4v) is 30.2. The highest BCUT2D eigenvalue weighted by Crippen LogP contribution is 2.74. The molecule has 7 saturated heterocycles. The van der Waals surface area contributed by atoms with Crippen LogP contribution in [0.1, 0.15) is 261 Å². The maximum absolute atomic E-state index is 12.4. The van der Waals surface area contributed by atoms with Gasteiger partial charge in [0, 0.05) is 102 Å². The number of ketones is 1. The Morgan fingerprint density at radius 2 is 0.714 bits per heavy atom. The van der Waals surface area contributed by atoms with Gasteiger partial charge in [-0.15, -0.1) is 0 Å². The normalized spacial score (nSPS) is 44.4. The molecule has 6 aromatic rings. The molecule has 6 saturated carbocycles. The minimum Gasteiger partial charge on any atom is -0.359 e. The second-order valence-corrected chi connectivity index (χ2v) is 38.9. The quantitative estimate of drug-likeness (QED) is 0.167. The van der Waals surface area contributed by atoms with E-state index in [4.69, 9.17) is 14.2 Å². The minimum absolute atomic E-state index is 0.0211. The lowest BCUT2D eigenvalue weighted by Gasteiger charge is -2.55. The zero-order chi connectivity index (χ0) is 69.7. The van der Waals surface area contributed by atoms with E-state index in [1.165, 1.54) is 227 Å². The monoisotopic (exact) mass is 1400 g/mol. The Hall–Kier alpha value is -6.20. The average molecular weight is 1400 g/mol. The van der Waals surface area contributed by atoms with E-state index in [1.54, 1.807) is 22.3 Å². The number of rotatable bonds is 5. The summed E-state index contributed by atoms with van der Waals surface area (Å²) in [5.74, 6) is 3.87. The Morgan fingerprint density at radius 1 is 0.362 bits per heavy atom. The van der Waals surface area contributed by atoms with Gasteiger partial charge < -0.3 is 14.2 Å². The molecule has 542 valence electrons. The highest BCUT2D eigenvalue weighted by Gasteiger charge is 2.71. The van der Waals surface area contributed by atoms with E-state index in [0.29, 0.717) is 54.1 Å². The third-order valence-electron chi connectivity index (χ3n) is 34.9. The fraction of sp³-hybridized carbons (Fsp3) is 0.583. The van der Waals surface area contributed by atoms with Crippen LogP contribution in [0.15, 0.2) is 180 Å². The lowest BCUT2D eigenvalue weighted by molar-refractivity contribution is -0.146. The van der Waals surface area contributed by atoms with Crippen LogP contribution < -0.4 is 0 Å². The molecule has 10 aliphatic heterocycles. The van der Waals surface area contributed by atoms with Gasteiger partial charge in [0.2, 0.25) is 0 Å². The van der Waals surface area contributed by atoms with Gasteiger partial charge in [0.25, 0.3) is 0 Å². The zero-order valence-corrected chi connectivity index (χ0v) is 62.8. The Kier molecular flexibility index (Phi) is 14.2. The van der Waals surface area contributed by atoms with Crippen LogP contribution in [0.2, 0.25) is 0 Å². The number of allylic oxidation sites excluding steroid dienone is 3. The molecule has 3 aromatic heterocycles. The molecule has 0 N–H and O–H groups in total. The molecular formula is C96H109N5O4. The van der Waals surface area contributed by atoms with E-state index in [-0.39, 0.29) is 49.9 Å². The number of Topliss-reactive ketones (excluding diaryl/α,β-unsaturated/α-hetero) is 1. The highest BCUT2D eigenvalue weighted by molar-refractivity contribution is 5.85. The first-order valence-corrected chi connectivity index (χ1v) is 42.6. The first-order valence-electron chi connectivity index (χ1n) is 42.6. The van der Waals surface area contributed by atoms with Crippen LogP contribution in [0, 0.1) is 34.0 Å². The van der Waals surface area contributed by atoms with Crippen LogP contribution in [-0.4, -0.2) is 100 Å². The number of hydrogen-bond acceptors (Lipinski definition) is 9. The predicted molar refractivity (Wildman–Crippen MR) is 416 cm³/mol. The summed E-state index contributed by atoms with van der Waals surface area (Å²) >= 11 is 0. The lowest BCUT2D eigenvalue weighted by Crippen LogP contribution is -2.55. The Labute approximate surface area is 622 Å². The second-order valence-electron chi connectivity index (χ2n) is 38.9. The van der Waals surface area contributed by atoms with E-state index in [0.717, 1.165) is 61.9 Å². The van der Waals surface area contributed by atoms with E-state index < -0.39 is 0 Å². The number of pyridine rings is 3. The Morgan fingerprint density at radius 3 is 1.10 bits per heavy atom. The van der Waals surface area contributed by atoms with Crippen LogP contribution in [-0.2, 0) is 19.0 Å². The van der Waals surface area contributed by atoms with Crippen molar-refractivity contribution < 1.29 is 19.0 Å². The summed E-state index contributed by atoms with van der Waals surface area (Å²) in [6, 6.07) is 32.6. The van der Waals surface area contributed by atoms with Crippen LogP contribution >= 0.6 is 0 Å². The molecule has 6 spiro atoms. The van der Waals surface area contributed by atoms with Crippen LogP contribution in [0.4, 0.5) is 0 Å². The molecule has 9 nitrogen and oxygen atoms in total. The van der Waals surface area contributed by atoms with Crippen molar-refractivity contribution in [2.75, 3.05) is 0 Å². The molecule has 9 heteroatoms. The molecule has 10 bridgehead atoms. The average Bonchev–Trinajstić information content (AvgIpc) is 1.54. The second kappa shape index (κ2) is 23.0. The van der Waals surface area contributed by atoms with Crippen LogP contribution in [0.25, 0.3) is 32.3 Å². The number of benzene rings is 3. The molecule has 25 rings (SSSR count). The van der Waals surface area contributed by atoms with Crippen molar-refractivity contribution in [2.24, 2.45) is 34.0 Å². The fourth-order valence-electron chi connectivity index (χ4n) is 30.2. The summed E-state index contributed by atoms with van der Waals surface area (Å²) in [5.41, 5.74) is 13.9. The molecule has 9 aliphatic carbocycles. The summed E-state index contributed by atoms with van der Waals surface area (Å²) in [5, 5.41) is 7.65. The number of nitrogens with zero attached hydrogens (tertiary/aromatic N) is 5. The number of carbonyl (C=O) groups excluding carboxylic acids is 1.